The number of likely N-dealkylation sites (tertiary alicyclic amines) is 2. The molecule has 1 atom stereocenters. The van der Waals surface area contributed by atoms with E-state index in [1.54, 1.807) is 11.3 Å². The molecule has 0 aliphatic carbocycles. The summed E-state index contributed by atoms with van der Waals surface area (Å²) in [5.74, 6) is 0.230. The van der Waals surface area contributed by atoms with Gasteiger partial charge in [0.1, 0.15) is 0 Å². The van der Waals surface area contributed by atoms with Crippen LogP contribution in [0.5, 0.6) is 0 Å². The molecular weight excluding hydrogens is 268 g/mol. The summed E-state index contributed by atoms with van der Waals surface area (Å²) in [5.41, 5.74) is 0.902. The quantitative estimate of drug-likeness (QED) is 0.854. The normalized spacial score (nSPS) is 27.4. The van der Waals surface area contributed by atoms with Crippen molar-refractivity contribution in [3.8, 4) is 0 Å². The molecule has 2 aliphatic heterocycles. The van der Waals surface area contributed by atoms with Crippen molar-refractivity contribution in [2.24, 2.45) is 0 Å². The zero-order chi connectivity index (χ0) is 14.2. The molecule has 0 aromatic carbocycles. The number of hydrogen-bond donors (Lipinski definition) is 0. The summed E-state index contributed by atoms with van der Waals surface area (Å²) in [6.07, 6.45) is 4.90. The molecule has 20 heavy (non-hydrogen) atoms. The van der Waals surface area contributed by atoms with Gasteiger partial charge >= 0.3 is 0 Å². The minimum Gasteiger partial charge on any atom is -0.332 e. The third kappa shape index (κ3) is 2.63. The molecule has 0 bridgehead atoms. The number of thiophene rings is 1. The lowest BCUT2D eigenvalue weighted by Gasteiger charge is -2.38. The number of carbonyl (C=O) groups is 1. The summed E-state index contributed by atoms with van der Waals surface area (Å²) >= 11 is 1.67. The number of nitrogens with zero attached hydrogens (tertiary/aromatic N) is 2. The molecule has 1 aromatic heterocycles. The Morgan fingerprint density at radius 3 is 2.70 bits per heavy atom. The first-order valence-electron chi connectivity index (χ1n) is 7.68. The zero-order valence-electron chi connectivity index (χ0n) is 12.5. The highest BCUT2D eigenvalue weighted by molar-refractivity contribution is 7.10. The zero-order valence-corrected chi connectivity index (χ0v) is 13.3. The Labute approximate surface area is 125 Å². The summed E-state index contributed by atoms with van der Waals surface area (Å²) < 4.78 is 0. The van der Waals surface area contributed by atoms with Crippen molar-refractivity contribution in [2.45, 2.75) is 45.1 Å². The minimum atomic E-state index is 0.0251. The third-order valence-corrected chi connectivity index (χ3v) is 5.60. The Kier molecular flexibility index (Phi) is 3.87. The number of aryl methyl sites for hydroxylation is 1. The Balaban J connectivity index is 1.75. The van der Waals surface area contributed by atoms with Gasteiger partial charge in [0.15, 0.2) is 0 Å². The maximum atomic E-state index is 12.8. The van der Waals surface area contributed by atoms with Crippen LogP contribution in [0.1, 0.15) is 47.8 Å². The van der Waals surface area contributed by atoms with Crippen molar-refractivity contribution < 1.29 is 4.79 Å². The molecule has 1 amide bonds. The van der Waals surface area contributed by atoms with Crippen LogP contribution in [0, 0.1) is 6.92 Å². The topological polar surface area (TPSA) is 23.6 Å². The summed E-state index contributed by atoms with van der Waals surface area (Å²) in [4.78, 5) is 18.6. The first-order valence-corrected chi connectivity index (χ1v) is 8.56. The van der Waals surface area contributed by atoms with Gasteiger partial charge in [-0.25, -0.2) is 0 Å². The molecule has 2 saturated heterocycles. The predicted octanol–water partition coefficient (Wildman–Crippen LogP) is 3.15. The molecule has 0 spiro atoms. The number of amides is 1. The van der Waals surface area contributed by atoms with Crippen molar-refractivity contribution in [1.29, 1.82) is 0 Å². The van der Waals surface area contributed by atoms with Gasteiger partial charge in [-0.05, 0) is 58.7 Å². The summed E-state index contributed by atoms with van der Waals surface area (Å²) in [7, 11) is 0. The van der Waals surface area contributed by atoms with Gasteiger partial charge < -0.3 is 9.80 Å². The van der Waals surface area contributed by atoms with E-state index in [4.69, 9.17) is 0 Å². The molecule has 0 N–H and O–H groups in total. The highest BCUT2D eigenvalue weighted by Gasteiger charge is 2.41. The van der Waals surface area contributed by atoms with Gasteiger partial charge in [0.2, 0.25) is 0 Å². The lowest BCUT2D eigenvalue weighted by molar-refractivity contribution is 0.0554. The standard InChI is InChI=1S/C16H24N2OS/c1-13-10-14(11-20-13)15(19)18-9-5-6-16(18,2)12-17-7-3-4-8-17/h10-11H,3-9,12H2,1-2H3. The van der Waals surface area contributed by atoms with E-state index in [2.05, 4.69) is 23.6 Å². The van der Waals surface area contributed by atoms with Crippen molar-refractivity contribution in [1.82, 2.24) is 9.80 Å². The second-order valence-corrected chi connectivity index (χ2v) is 7.60. The van der Waals surface area contributed by atoms with Crippen LogP contribution in [0.3, 0.4) is 0 Å². The highest BCUT2D eigenvalue weighted by atomic mass is 32.1. The van der Waals surface area contributed by atoms with Crippen LogP contribution in [0.25, 0.3) is 0 Å². The van der Waals surface area contributed by atoms with Crippen molar-refractivity contribution in [3.05, 3.63) is 21.9 Å². The second kappa shape index (κ2) is 5.49. The molecule has 2 aliphatic rings. The van der Waals surface area contributed by atoms with Gasteiger partial charge in [0.25, 0.3) is 5.91 Å². The van der Waals surface area contributed by atoms with Gasteiger partial charge in [-0.15, -0.1) is 11.3 Å². The molecule has 0 radical (unpaired) electrons. The van der Waals surface area contributed by atoms with Gasteiger partial charge in [-0.2, -0.15) is 0 Å². The van der Waals surface area contributed by atoms with E-state index >= 15 is 0 Å². The van der Waals surface area contributed by atoms with E-state index in [0.717, 1.165) is 31.5 Å². The second-order valence-electron chi connectivity index (χ2n) is 6.49. The van der Waals surface area contributed by atoms with Crippen molar-refractivity contribution >= 4 is 17.2 Å². The number of carbonyl (C=O) groups excluding carboxylic acids is 1. The van der Waals surface area contributed by atoms with Gasteiger partial charge in [0.05, 0.1) is 11.1 Å². The van der Waals surface area contributed by atoms with E-state index in [-0.39, 0.29) is 11.4 Å². The third-order valence-electron chi connectivity index (χ3n) is 4.73. The van der Waals surface area contributed by atoms with Crippen LogP contribution in [0.15, 0.2) is 11.4 Å². The van der Waals surface area contributed by atoms with E-state index in [0.29, 0.717) is 0 Å². The fraction of sp³-hybridized carbons (Fsp3) is 0.688. The Morgan fingerprint density at radius 1 is 1.30 bits per heavy atom. The molecule has 2 fully saturated rings. The van der Waals surface area contributed by atoms with Crippen LogP contribution in [-0.2, 0) is 0 Å². The molecule has 110 valence electrons. The lowest BCUT2D eigenvalue weighted by Crippen LogP contribution is -2.51. The Hall–Kier alpha value is -0.870. The van der Waals surface area contributed by atoms with Crippen LogP contribution < -0.4 is 0 Å². The van der Waals surface area contributed by atoms with Gasteiger partial charge in [-0.1, -0.05) is 0 Å². The molecular formula is C16H24N2OS. The fourth-order valence-electron chi connectivity index (χ4n) is 3.67. The van der Waals surface area contributed by atoms with Crippen molar-refractivity contribution in [3.63, 3.8) is 0 Å². The molecule has 3 nitrogen and oxygen atoms in total. The maximum Gasteiger partial charge on any atom is 0.255 e. The SMILES string of the molecule is Cc1cc(C(=O)N2CCCC2(C)CN2CCCC2)cs1. The molecule has 1 aromatic rings. The van der Waals surface area contributed by atoms with E-state index in [1.807, 2.05) is 11.4 Å². The number of hydrogen-bond acceptors (Lipinski definition) is 3. The predicted molar refractivity (Wildman–Crippen MR) is 83.4 cm³/mol. The minimum absolute atomic E-state index is 0.0251. The first kappa shape index (κ1) is 14.1. The van der Waals surface area contributed by atoms with E-state index < -0.39 is 0 Å². The molecule has 1 unspecified atom stereocenters. The number of rotatable bonds is 3. The lowest BCUT2D eigenvalue weighted by atomic mass is 9.97. The van der Waals surface area contributed by atoms with Crippen LogP contribution in [0.4, 0.5) is 0 Å². The molecule has 3 rings (SSSR count). The van der Waals surface area contributed by atoms with Crippen LogP contribution >= 0.6 is 11.3 Å². The Bertz CT molecular complexity index is 492. The van der Waals surface area contributed by atoms with Crippen LogP contribution in [0.2, 0.25) is 0 Å². The van der Waals surface area contributed by atoms with Gasteiger partial charge in [0, 0.05) is 23.3 Å². The fourth-order valence-corrected chi connectivity index (χ4v) is 4.34. The summed E-state index contributed by atoms with van der Waals surface area (Å²) in [5, 5.41) is 2.01. The average Bonchev–Trinajstić information content (AvgIpc) is 3.11. The smallest absolute Gasteiger partial charge is 0.255 e. The van der Waals surface area contributed by atoms with E-state index in [1.165, 1.54) is 30.8 Å². The van der Waals surface area contributed by atoms with Gasteiger partial charge in [-0.3, -0.25) is 4.79 Å². The first-order chi connectivity index (χ1) is 9.58. The summed E-state index contributed by atoms with van der Waals surface area (Å²) in [6, 6.07) is 2.03. The van der Waals surface area contributed by atoms with Crippen molar-refractivity contribution in [2.75, 3.05) is 26.2 Å². The highest BCUT2D eigenvalue weighted by Crippen LogP contribution is 2.32. The average molecular weight is 292 g/mol. The van der Waals surface area contributed by atoms with E-state index in [9.17, 15) is 4.79 Å². The molecule has 3 heterocycles. The molecule has 0 saturated carbocycles. The van der Waals surface area contributed by atoms with Crippen LogP contribution in [-0.4, -0.2) is 47.4 Å². The monoisotopic (exact) mass is 292 g/mol. The summed E-state index contributed by atoms with van der Waals surface area (Å²) in [6.45, 7) is 8.70. The largest absolute Gasteiger partial charge is 0.332 e. The Morgan fingerprint density at radius 2 is 2.05 bits per heavy atom. The molecule has 4 heteroatoms. The maximum absolute atomic E-state index is 12.8.